The Balaban J connectivity index is 1.38. The van der Waals surface area contributed by atoms with Crippen molar-refractivity contribution in [3.05, 3.63) is 47.0 Å². The van der Waals surface area contributed by atoms with E-state index in [-0.39, 0.29) is 11.8 Å². The van der Waals surface area contributed by atoms with Crippen LogP contribution in [0.4, 0.5) is 5.13 Å². The van der Waals surface area contributed by atoms with Crippen molar-refractivity contribution in [2.24, 2.45) is 17.8 Å². The van der Waals surface area contributed by atoms with E-state index in [2.05, 4.69) is 22.4 Å². The summed E-state index contributed by atoms with van der Waals surface area (Å²) < 4.78 is 0. The molecule has 3 nitrogen and oxygen atoms in total. The minimum atomic E-state index is 0.188. The highest BCUT2D eigenvalue weighted by atomic mass is 32.1. The van der Waals surface area contributed by atoms with Crippen LogP contribution in [0.15, 0.2) is 36.5 Å². The van der Waals surface area contributed by atoms with E-state index >= 15 is 0 Å². The quantitative estimate of drug-likeness (QED) is 0.923. The summed E-state index contributed by atoms with van der Waals surface area (Å²) in [5.74, 6) is 1.83. The smallest absolute Gasteiger partial charge is 0.229 e. The molecule has 2 aliphatic rings. The summed E-state index contributed by atoms with van der Waals surface area (Å²) in [6, 6.07) is 10.4. The molecule has 1 aromatic carbocycles. The number of thiazole rings is 1. The van der Waals surface area contributed by atoms with E-state index in [9.17, 15) is 4.79 Å². The maximum atomic E-state index is 12.4. The van der Waals surface area contributed by atoms with Crippen LogP contribution in [-0.2, 0) is 11.2 Å². The standard InChI is InChI=1S/C18H20N2OS/c21-17(16-10-13-6-7-14(16)8-13)20-18-19-11-15(22-18)9-12-4-2-1-3-5-12/h1-5,11,13-14,16H,6-10H2,(H,19,20,21). The zero-order valence-electron chi connectivity index (χ0n) is 12.5. The van der Waals surface area contributed by atoms with Gasteiger partial charge in [-0.1, -0.05) is 36.8 Å². The van der Waals surface area contributed by atoms with Crippen molar-refractivity contribution in [1.29, 1.82) is 0 Å². The molecule has 3 unspecified atom stereocenters. The lowest BCUT2D eigenvalue weighted by atomic mass is 9.88. The predicted molar refractivity (Wildman–Crippen MR) is 88.9 cm³/mol. The molecule has 2 aliphatic carbocycles. The molecular weight excluding hydrogens is 292 g/mol. The minimum Gasteiger partial charge on any atom is -0.302 e. The number of anilines is 1. The van der Waals surface area contributed by atoms with Crippen molar-refractivity contribution in [3.63, 3.8) is 0 Å². The molecule has 2 saturated carbocycles. The number of carbonyl (C=O) groups excluding carboxylic acids is 1. The first-order chi connectivity index (χ1) is 10.8. The molecule has 1 aromatic heterocycles. The summed E-state index contributed by atoms with van der Waals surface area (Å²) in [6.07, 6.45) is 7.66. The Morgan fingerprint density at radius 2 is 2.09 bits per heavy atom. The number of hydrogen-bond acceptors (Lipinski definition) is 3. The van der Waals surface area contributed by atoms with E-state index in [4.69, 9.17) is 0 Å². The Labute approximate surface area is 134 Å². The normalized spacial score (nSPS) is 26.3. The third-order valence-corrected chi connectivity index (χ3v) is 5.99. The monoisotopic (exact) mass is 312 g/mol. The van der Waals surface area contributed by atoms with Crippen LogP contribution in [0.2, 0.25) is 0 Å². The van der Waals surface area contributed by atoms with Crippen LogP contribution >= 0.6 is 11.3 Å². The second-order valence-corrected chi connectivity index (χ2v) is 7.68. The van der Waals surface area contributed by atoms with Gasteiger partial charge in [0, 0.05) is 23.4 Å². The second kappa shape index (κ2) is 5.84. The number of amides is 1. The fourth-order valence-corrected chi connectivity index (χ4v) is 4.86. The zero-order valence-corrected chi connectivity index (χ0v) is 13.3. The van der Waals surface area contributed by atoms with Gasteiger partial charge in [-0.3, -0.25) is 4.79 Å². The largest absolute Gasteiger partial charge is 0.302 e. The molecule has 2 bridgehead atoms. The summed E-state index contributed by atoms with van der Waals surface area (Å²) in [6.45, 7) is 0. The van der Waals surface area contributed by atoms with Gasteiger partial charge in [-0.2, -0.15) is 0 Å². The van der Waals surface area contributed by atoms with Gasteiger partial charge in [0.25, 0.3) is 0 Å². The van der Waals surface area contributed by atoms with Gasteiger partial charge >= 0.3 is 0 Å². The number of fused-ring (bicyclic) bond motifs is 2. The van der Waals surface area contributed by atoms with Crippen LogP contribution in [0.25, 0.3) is 0 Å². The Kier molecular flexibility index (Phi) is 3.70. The molecule has 3 atom stereocenters. The lowest BCUT2D eigenvalue weighted by Gasteiger charge is -2.19. The number of aromatic nitrogens is 1. The minimum absolute atomic E-state index is 0.188. The van der Waals surface area contributed by atoms with E-state index in [1.54, 1.807) is 11.3 Å². The molecule has 4 rings (SSSR count). The van der Waals surface area contributed by atoms with Gasteiger partial charge in [0.1, 0.15) is 0 Å². The number of benzene rings is 1. The van der Waals surface area contributed by atoms with Crippen LogP contribution in [-0.4, -0.2) is 10.9 Å². The van der Waals surface area contributed by atoms with Gasteiger partial charge < -0.3 is 5.32 Å². The Morgan fingerprint density at radius 3 is 2.82 bits per heavy atom. The van der Waals surface area contributed by atoms with Crippen LogP contribution in [0.5, 0.6) is 0 Å². The number of carbonyl (C=O) groups is 1. The van der Waals surface area contributed by atoms with Crippen LogP contribution in [0.3, 0.4) is 0 Å². The lowest BCUT2D eigenvalue weighted by molar-refractivity contribution is -0.121. The average Bonchev–Trinajstić information content (AvgIpc) is 3.25. The molecule has 1 amide bonds. The first kappa shape index (κ1) is 13.9. The average molecular weight is 312 g/mol. The molecule has 0 radical (unpaired) electrons. The first-order valence-corrected chi connectivity index (χ1v) is 8.89. The molecule has 0 spiro atoms. The maximum absolute atomic E-state index is 12.4. The predicted octanol–water partition coefficient (Wildman–Crippen LogP) is 4.11. The molecule has 4 heteroatoms. The van der Waals surface area contributed by atoms with E-state index in [1.165, 1.54) is 29.7 Å². The fraction of sp³-hybridized carbons (Fsp3) is 0.444. The zero-order chi connectivity index (χ0) is 14.9. The van der Waals surface area contributed by atoms with Crippen molar-refractivity contribution < 1.29 is 4.79 Å². The summed E-state index contributed by atoms with van der Waals surface area (Å²) in [7, 11) is 0. The van der Waals surface area contributed by atoms with Crippen molar-refractivity contribution >= 4 is 22.4 Å². The summed E-state index contributed by atoms with van der Waals surface area (Å²) >= 11 is 1.59. The van der Waals surface area contributed by atoms with Crippen molar-refractivity contribution in [1.82, 2.24) is 4.98 Å². The Hall–Kier alpha value is -1.68. The number of nitrogens with one attached hydrogen (secondary N) is 1. The van der Waals surface area contributed by atoms with Crippen molar-refractivity contribution in [2.75, 3.05) is 5.32 Å². The summed E-state index contributed by atoms with van der Waals surface area (Å²) in [5.41, 5.74) is 1.28. The van der Waals surface area contributed by atoms with E-state index in [1.807, 2.05) is 24.4 Å². The lowest BCUT2D eigenvalue weighted by Crippen LogP contribution is -2.27. The molecule has 1 heterocycles. The van der Waals surface area contributed by atoms with E-state index in [0.717, 1.165) is 23.9 Å². The van der Waals surface area contributed by atoms with Gasteiger partial charge in [-0.05, 0) is 36.7 Å². The highest BCUT2D eigenvalue weighted by Crippen LogP contribution is 2.48. The van der Waals surface area contributed by atoms with Crippen molar-refractivity contribution in [3.8, 4) is 0 Å². The molecule has 114 valence electrons. The maximum Gasteiger partial charge on any atom is 0.229 e. The van der Waals surface area contributed by atoms with Gasteiger partial charge in [0.2, 0.25) is 5.91 Å². The first-order valence-electron chi connectivity index (χ1n) is 8.07. The molecule has 2 fully saturated rings. The van der Waals surface area contributed by atoms with E-state index in [0.29, 0.717) is 5.92 Å². The van der Waals surface area contributed by atoms with Crippen LogP contribution in [0, 0.1) is 17.8 Å². The third kappa shape index (κ3) is 2.80. The molecular formula is C18H20N2OS. The van der Waals surface area contributed by atoms with E-state index < -0.39 is 0 Å². The van der Waals surface area contributed by atoms with Gasteiger partial charge in [-0.25, -0.2) is 4.98 Å². The van der Waals surface area contributed by atoms with Crippen molar-refractivity contribution in [2.45, 2.75) is 32.1 Å². The third-order valence-electron chi connectivity index (χ3n) is 5.08. The Bertz CT molecular complexity index is 667. The molecule has 0 saturated heterocycles. The van der Waals surface area contributed by atoms with Gasteiger partial charge in [-0.15, -0.1) is 11.3 Å². The molecule has 1 N–H and O–H groups in total. The summed E-state index contributed by atoms with van der Waals surface area (Å²) in [4.78, 5) is 18.0. The molecule has 2 aromatic rings. The van der Waals surface area contributed by atoms with Crippen LogP contribution in [0.1, 0.15) is 36.1 Å². The van der Waals surface area contributed by atoms with Crippen LogP contribution < -0.4 is 5.32 Å². The molecule has 22 heavy (non-hydrogen) atoms. The second-order valence-electron chi connectivity index (χ2n) is 6.56. The fourth-order valence-electron chi connectivity index (χ4n) is 4.01. The SMILES string of the molecule is O=C(Nc1ncc(Cc2ccccc2)s1)C1CC2CCC1C2. The highest BCUT2D eigenvalue weighted by molar-refractivity contribution is 7.15. The van der Waals surface area contributed by atoms with Gasteiger partial charge in [0.05, 0.1) is 0 Å². The number of nitrogens with zero attached hydrogens (tertiary/aromatic N) is 1. The highest BCUT2D eigenvalue weighted by Gasteiger charge is 2.43. The number of hydrogen-bond donors (Lipinski definition) is 1. The number of rotatable bonds is 4. The topological polar surface area (TPSA) is 42.0 Å². The van der Waals surface area contributed by atoms with Gasteiger partial charge in [0.15, 0.2) is 5.13 Å². The molecule has 0 aliphatic heterocycles. The summed E-state index contributed by atoms with van der Waals surface area (Å²) in [5, 5.41) is 3.79. The Morgan fingerprint density at radius 1 is 1.23 bits per heavy atom.